The first-order valence-corrected chi connectivity index (χ1v) is 10.2. The number of aromatic nitrogens is 2. The number of pyridine rings is 1. The minimum atomic E-state index is -4.38. The predicted octanol–water partition coefficient (Wildman–Crippen LogP) is 7.11. The molecule has 0 fully saturated rings. The standard InChI is InChI=1S/C25H23F3N2/c1-2-3-12-22-21-13-14-29-16-23(21)30(17-18-8-5-4-6-9-18)24(22)19-10-7-11-20(15-19)25(26,27)28/h4-11,13-16H,2-3,12,17H2,1H3. The highest BCUT2D eigenvalue weighted by Gasteiger charge is 2.31. The molecule has 154 valence electrons. The van der Waals surface area contributed by atoms with E-state index in [0.717, 1.165) is 53.1 Å². The maximum atomic E-state index is 13.4. The van der Waals surface area contributed by atoms with Crippen LogP contribution in [0.1, 0.15) is 36.5 Å². The number of halogens is 3. The molecule has 0 saturated heterocycles. The first kappa shape index (κ1) is 20.2. The molecule has 0 unspecified atom stereocenters. The second-order valence-electron chi connectivity index (χ2n) is 7.47. The smallest absolute Gasteiger partial charge is 0.334 e. The van der Waals surface area contributed by atoms with Crippen molar-refractivity contribution < 1.29 is 13.2 Å². The molecule has 2 aromatic carbocycles. The van der Waals surface area contributed by atoms with E-state index in [1.165, 1.54) is 12.1 Å². The number of rotatable bonds is 6. The Bertz CT molecular complexity index is 1140. The van der Waals surface area contributed by atoms with Crippen molar-refractivity contribution in [1.82, 2.24) is 9.55 Å². The molecule has 2 nitrogen and oxygen atoms in total. The van der Waals surface area contributed by atoms with Crippen molar-refractivity contribution in [3.05, 3.63) is 89.7 Å². The van der Waals surface area contributed by atoms with Crippen LogP contribution in [0.2, 0.25) is 0 Å². The Morgan fingerprint density at radius 2 is 1.77 bits per heavy atom. The lowest BCUT2D eigenvalue weighted by Gasteiger charge is -2.15. The second-order valence-corrected chi connectivity index (χ2v) is 7.47. The number of alkyl halides is 3. The quantitative estimate of drug-likeness (QED) is 0.332. The van der Waals surface area contributed by atoms with Crippen LogP contribution in [0.4, 0.5) is 13.2 Å². The molecule has 0 N–H and O–H groups in total. The van der Waals surface area contributed by atoms with Gasteiger partial charge in [0, 0.05) is 18.1 Å². The fourth-order valence-electron chi connectivity index (χ4n) is 3.98. The number of hydrogen-bond donors (Lipinski definition) is 0. The van der Waals surface area contributed by atoms with Crippen LogP contribution in [0.3, 0.4) is 0 Å². The number of fused-ring (bicyclic) bond motifs is 1. The summed E-state index contributed by atoms with van der Waals surface area (Å²) < 4.78 is 42.4. The zero-order valence-corrected chi connectivity index (χ0v) is 16.8. The van der Waals surface area contributed by atoms with Crippen LogP contribution in [-0.4, -0.2) is 9.55 Å². The largest absolute Gasteiger partial charge is 0.416 e. The third kappa shape index (κ3) is 3.97. The molecule has 0 spiro atoms. The van der Waals surface area contributed by atoms with Crippen molar-refractivity contribution in [2.75, 3.05) is 0 Å². The fraction of sp³-hybridized carbons (Fsp3) is 0.240. The SMILES string of the molecule is CCCCc1c(-c2cccc(C(F)(F)F)c2)n(Cc2ccccc2)c2cnccc12. The molecular formula is C25H23F3N2. The van der Waals surface area contributed by atoms with Gasteiger partial charge in [-0.05, 0) is 47.7 Å². The summed E-state index contributed by atoms with van der Waals surface area (Å²) in [6.45, 7) is 2.69. The van der Waals surface area contributed by atoms with Crippen molar-refractivity contribution in [1.29, 1.82) is 0 Å². The normalized spacial score (nSPS) is 11.9. The van der Waals surface area contributed by atoms with E-state index in [4.69, 9.17) is 0 Å². The van der Waals surface area contributed by atoms with Gasteiger partial charge in [-0.25, -0.2) is 0 Å². The summed E-state index contributed by atoms with van der Waals surface area (Å²) in [4.78, 5) is 4.30. The third-order valence-corrected chi connectivity index (χ3v) is 5.40. The number of nitrogens with zero attached hydrogens (tertiary/aromatic N) is 2. The first-order valence-electron chi connectivity index (χ1n) is 10.2. The topological polar surface area (TPSA) is 17.8 Å². The lowest BCUT2D eigenvalue weighted by atomic mass is 9.99. The van der Waals surface area contributed by atoms with Gasteiger partial charge in [-0.15, -0.1) is 0 Å². The van der Waals surface area contributed by atoms with Gasteiger partial charge in [0.05, 0.1) is 23.0 Å². The van der Waals surface area contributed by atoms with Crippen molar-refractivity contribution in [2.45, 2.75) is 38.9 Å². The van der Waals surface area contributed by atoms with E-state index < -0.39 is 11.7 Å². The van der Waals surface area contributed by atoms with Crippen molar-refractivity contribution >= 4 is 10.9 Å². The minimum Gasteiger partial charge on any atom is -0.334 e. The van der Waals surface area contributed by atoms with E-state index >= 15 is 0 Å². The summed E-state index contributed by atoms with van der Waals surface area (Å²) in [7, 11) is 0. The van der Waals surface area contributed by atoms with E-state index in [1.54, 1.807) is 12.3 Å². The van der Waals surface area contributed by atoms with E-state index in [2.05, 4.69) is 16.5 Å². The monoisotopic (exact) mass is 408 g/mol. The summed E-state index contributed by atoms with van der Waals surface area (Å²) in [5.41, 5.74) is 3.93. The summed E-state index contributed by atoms with van der Waals surface area (Å²) in [5, 5.41) is 1.06. The predicted molar refractivity (Wildman–Crippen MR) is 114 cm³/mol. The average Bonchev–Trinajstić information content (AvgIpc) is 3.06. The Morgan fingerprint density at radius 3 is 2.50 bits per heavy atom. The Hall–Kier alpha value is -3.08. The number of aryl methyl sites for hydroxylation is 1. The van der Waals surface area contributed by atoms with E-state index in [0.29, 0.717) is 12.1 Å². The Balaban J connectivity index is 1.97. The van der Waals surface area contributed by atoms with E-state index in [9.17, 15) is 13.2 Å². The van der Waals surface area contributed by atoms with Gasteiger partial charge in [0.1, 0.15) is 0 Å². The average molecular weight is 408 g/mol. The molecule has 4 aromatic rings. The lowest BCUT2D eigenvalue weighted by molar-refractivity contribution is -0.137. The zero-order valence-electron chi connectivity index (χ0n) is 16.8. The zero-order chi connectivity index (χ0) is 21.1. The number of unbranched alkanes of at least 4 members (excludes halogenated alkanes) is 1. The van der Waals surface area contributed by atoms with Crippen LogP contribution in [0.15, 0.2) is 73.1 Å². The van der Waals surface area contributed by atoms with Crippen LogP contribution < -0.4 is 0 Å². The summed E-state index contributed by atoms with van der Waals surface area (Å²) >= 11 is 0. The van der Waals surface area contributed by atoms with Gasteiger partial charge in [0.25, 0.3) is 0 Å². The molecule has 4 rings (SSSR count). The van der Waals surface area contributed by atoms with Crippen LogP contribution in [-0.2, 0) is 19.1 Å². The first-order chi connectivity index (χ1) is 14.5. The van der Waals surface area contributed by atoms with Gasteiger partial charge in [-0.3, -0.25) is 4.98 Å². The highest BCUT2D eigenvalue weighted by atomic mass is 19.4. The maximum absolute atomic E-state index is 13.4. The van der Waals surface area contributed by atoms with E-state index in [1.807, 2.05) is 42.6 Å². The highest BCUT2D eigenvalue weighted by molar-refractivity contribution is 5.91. The summed E-state index contributed by atoms with van der Waals surface area (Å²) in [6, 6.07) is 17.6. The van der Waals surface area contributed by atoms with Gasteiger partial charge < -0.3 is 4.57 Å². The lowest BCUT2D eigenvalue weighted by Crippen LogP contribution is -2.06. The molecule has 2 heterocycles. The Kier molecular flexibility index (Phi) is 5.62. The fourth-order valence-corrected chi connectivity index (χ4v) is 3.98. The molecule has 0 aliphatic carbocycles. The number of hydrogen-bond acceptors (Lipinski definition) is 1. The molecule has 0 bridgehead atoms. The molecule has 0 aliphatic rings. The van der Waals surface area contributed by atoms with Crippen LogP contribution in [0, 0.1) is 0 Å². The van der Waals surface area contributed by atoms with Crippen molar-refractivity contribution in [3.63, 3.8) is 0 Å². The van der Waals surface area contributed by atoms with Crippen LogP contribution in [0.25, 0.3) is 22.2 Å². The van der Waals surface area contributed by atoms with E-state index in [-0.39, 0.29) is 0 Å². The van der Waals surface area contributed by atoms with Gasteiger partial charge in [-0.2, -0.15) is 13.2 Å². The Morgan fingerprint density at radius 1 is 0.967 bits per heavy atom. The number of benzene rings is 2. The molecule has 30 heavy (non-hydrogen) atoms. The molecule has 0 atom stereocenters. The molecule has 0 amide bonds. The molecule has 0 saturated carbocycles. The maximum Gasteiger partial charge on any atom is 0.416 e. The molecular weight excluding hydrogens is 385 g/mol. The molecule has 0 radical (unpaired) electrons. The van der Waals surface area contributed by atoms with Crippen LogP contribution in [0.5, 0.6) is 0 Å². The summed E-state index contributed by atoms with van der Waals surface area (Å²) in [5.74, 6) is 0. The minimum absolute atomic E-state index is 0.570. The molecule has 5 heteroatoms. The van der Waals surface area contributed by atoms with Crippen molar-refractivity contribution in [2.24, 2.45) is 0 Å². The van der Waals surface area contributed by atoms with Gasteiger partial charge >= 0.3 is 6.18 Å². The van der Waals surface area contributed by atoms with Gasteiger partial charge in [-0.1, -0.05) is 55.8 Å². The molecule has 2 aromatic heterocycles. The summed E-state index contributed by atoms with van der Waals surface area (Å²) in [6.07, 6.45) is 1.98. The third-order valence-electron chi connectivity index (χ3n) is 5.40. The van der Waals surface area contributed by atoms with Crippen LogP contribution >= 0.6 is 0 Å². The second kappa shape index (κ2) is 8.34. The molecule has 0 aliphatic heterocycles. The van der Waals surface area contributed by atoms with Gasteiger partial charge in [0.15, 0.2) is 0 Å². The van der Waals surface area contributed by atoms with Crippen molar-refractivity contribution in [3.8, 4) is 11.3 Å². The Labute approximate surface area is 174 Å². The highest BCUT2D eigenvalue weighted by Crippen LogP contribution is 2.38. The van der Waals surface area contributed by atoms with Gasteiger partial charge in [0.2, 0.25) is 0 Å².